The van der Waals surface area contributed by atoms with Crippen molar-refractivity contribution in [1.29, 1.82) is 0 Å². The van der Waals surface area contributed by atoms with Gasteiger partial charge in [0.2, 0.25) is 11.4 Å². The smallest absolute Gasteiger partial charge is 0.271 e. The largest absolute Gasteiger partial charge is 0.480 e. The van der Waals surface area contributed by atoms with Crippen LogP contribution < -0.4 is 10.0 Å². The lowest BCUT2D eigenvalue weighted by molar-refractivity contribution is 0.238. The molecule has 1 aliphatic heterocycles. The number of hydrogen-bond donors (Lipinski definition) is 2. The van der Waals surface area contributed by atoms with E-state index in [4.69, 9.17) is 9.72 Å². The van der Waals surface area contributed by atoms with Crippen molar-refractivity contribution < 1.29 is 26.0 Å². The molecule has 3 heterocycles. The number of sulfonamides is 1. The minimum absolute atomic E-state index is 0.0693. The second-order valence-electron chi connectivity index (χ2n) is 8.72. The Hall–Kier alpha value is -3.10. The second kappa shape index (κ2) is 10.7. The SMILES string of the molecule is CC(C)c1nc(-c2ccc(F)c(NS(=O)(=O)C3CC=CO3)c2)c(-c2ccnc(NCCS(C)(=O)=O)n2)s1. The van der Waals surface area contributed by atoms with Gasteiger partial charge in [-0.05, 0) is 30.3 Å². The number of ether oxygens (including phenoxy) is 1. The van der Waals surface area contributed by atoms with Crippen LogP contribution in [0.2, 0.25) is 0 Å². The summed E-state index contributed by atoms with van der Waals surface area (Å²) in [5, 5.41) is 3.72. The summed E-state index contributed by atoms with van der Waals surface area (Å²) >= 11 is 1.41. The number of benzene rings is 1. The molecule has 0 bridgehead atoms. The number of thiazole rings is 1. The third kappa shape index (κ3) is 6.62. The van der Waals surface area contributed by atoms with Gasteiger partial charge in [-0.25, -0.2) is 36.2 Å². The van der Waals surface area contributed by atoms with Crippen molar-refractivity contribution in [2.45, 2.75) is 31.6 Å². The van der Waals surface area contributed by atoms with E-state index in [9.17, 15) is 21.2 Å². The van der Waals surface area contributed by atoms with Crippen molar-refractivity contribution in [2.75, 3.05) is 28.6 Å². The fourth-order valence-corrected chi connectivity index (χ4v) is 6.11. The predicted molar refractivity (Wildman–Crippen MR) is 142 cm³/mol. The Bertz CT molecular complexity index is 1530. The van der Waals surface area contributed by atoms with E-state index in [1.807, 2.05) is 13.8 Å². The van der Waals surface area contributed by atoms with E-state index in [1.54, 1.807) is 18.3 Å². The van der Waals surface area contributed by atoms with Gasteiger partial charge < -0.3 is 10.1 Å². The average Bonchev–Trinajstić information content (AvgIpc) is 3.51. The first-order valence-corrected chi connectivity index (χ1v) is 15.7. The maximum absolute atomic E-state index is 14.6. The minimum atomic E-state index is -3.99. The molecule has 0 spiro atoms. The lowest BCUT2D eigenvalue weighted by Gasteiger charge is -2.15. The molecule has 2 aromatic heterocycles. The third-order valence-electron chi connectivity index (χ3n) is 5.28. The Labute approximate surface area is 219 Å². The zero-order chi connectivity index (χ0) is 26.8. The van der Waals surface area contributed by atoms with Crippen LogP contribution in [-0.2, 0) is 24.6 Å². The first-order valence-electron chi connectivity index (χ1n) is 11.3. The van der Waals surface area contributed by atoms with Crippen LogP contribution in [0, 0.1) is 5.82 Å². The first-order chi connectivity index (χ1) is 17.4. The van der Waals surface area contributed by atoms with Crippen molar-refractivity contribution in [3.63, 3.8) is 0 Å². The Morgan fingerprint density at radius 1 is 1.19 bits per heavy atom. The monoisotopic (exact) mass is 567 g/mol. The minimum Gasteiger partial charge on any atom is -0.480 e. The summed E-state index contributed by atoms with van der Waals surface area (Å²) in [5.41, 5.74) is 0.186. The molecular weight excluding hydrogens is 541 g/mol. The molecule has 1 aliphatic rings. The van der Waals surface area contributed by atoms with Gasteiger partial charge in [0.15, 0.2) is 0 Å². The molecule has 198 valence electrons. The maximum atomic E-state index is 14.6. The summed E-state index contributed by atoms with van der Waals surface area (Å²) in [6.07, 6.45) is 5.75. The number of aromatic nitrogens is 3. The molecule has 1 aromatic carbocycles. The molecule has 2 N–H and O–H groups in total. The van der Waals surface area contributed by atoms with E-state index in [-0.39, 0.29) is 36.3 Å². The van der Waals surface area contributed by atoms with Crippen LogP contribution in [0.25, 0.3) is 21.8 Å². The second-order valence-corrected chi connectivity index (χ2v) is 13.8. The van der Waals surface area contributed by atoms with Gasteiger partial charge >= 0.3 is 0 Å². The van der Waals surface area contributed by atoms with Gasteiger partial charge in [-0.2, -0.15) is 0 Å². The number of sulfone groups is 1. The van der Waals surface area contributed by atoms with Gasteiger partial charge in [-0.3, -0.25) is 4.72 Å². The molecule has 0 fully saturated rings. The molecule has 37 heavy (non-hydrogen) atoms. The van der Waals surface area contributed by atoms with Crippen molar-refractivity contribution >= 4 is 42.8 Å². The summed E-state index contributed by atoms with van der Waals surface area (Å²) < 4.78 is 70.2. The maximum Gasteiger partial charge on any atom is 0.271 e. The Morgan fingerprint density at radius 3 is 2.65 bits per heavy atom. The quantitative estimate of drug-likeness (QED) is 0.372. The highest BCUT2D eigenvalue weighted by Crippen LogP contribution is 2.39. The van der Waals surface area contributed by atoms with Crippen LogP contribution in [-0.4, -0.2) is 55.8 Å². The fourth-order valence-electron chi connectivity index (χ4n) is 3.41. The summed E-state index contributed by atoms with van der Waals surface area (Å²) in [6.45, 7) is 4.13. The number of nitrogens with one attached hydrogen (secondary N) is 2. The van der Waals surface area contributed by atoms with Gasteiger partial charge in [-0.1, -0.05) is 13.8 Å². The molecule has 0 saturated carbocycles. The Kier molecular flexibility index (Phi) is 7.80. The molecule has 0 aliphatic carbocycles. The van der Waals surface area contributed by atoms with Crippen molar-refractivity contribution in [2.24, 2.45) is 0 Å². The lowest BCUT2D eigenvalue weighted by Crippen LogP contribution is -2.27. The van der Waals surface area contributed by atoms with Crippen LogP contribution >= 0.6 is 11.3 Å². The average molecular weight is 568 g/mol. The lowest BCUT2D eigenvalue weighted by atomic mass is 10.1. The van der Waals surface area contributed by atoms with Crippen molar-refractivity contribution in [3.8, 4) is 21.8 Å². The molecule has 10 nitrogen and oxygen atoms in total. The van der Waals surface area contributed by atoms with Crippen LogP contribution in [0.3, 0.4) is 0 Å². The van der Waals surface area contributed by atoms with Crippen LogP contribution in [0.5, 0.6) is 0 Å². The van der Waals surface area contributed by atoms with E-state index in [1.165, 1.54) is 35.8 Å². The number of halogens is 1. The number of anilines is 2. The highest BCUT2D eigenvalue weighted by atomic mass is 32.2. The summed E-state index contributed by atoms with van der Waals surface area (Å²) in [4.78, 5) is 14.1. The molecule has 3 aromatic rings. The molecule has 1 unspecified atom stereocenters. The number of rotatable bonds is 10. The molecule has 4 rings (SSSR count). The summed E-state index contributed by atoms with van der Waals surface area (Å²) in [5.74, 6) is -0.458. The van der Waals surface area contributed by atoms with Crippen LogP contribution in [0.15, 0.2) is 42.8 Å². The Morgan fingerprint density at radius 2 is 1.97 bits per heavy atom. The third-order valence-corrected chi connectivity index (χ3v) is 9.10. The normalized spacial score (nSPS) is 15.6. The molecule has 0 amide bonds. The van der Waals surface area contributed by atoms with Gasteiger partial charge in [0.25, 0.3) is 10.0 Å². The standard InChI is InChI=1S/C23H26FN5O5S3/c1-14(2)22-28-20(21(35-22)17-8-9-25-23(27-17)26-10-12-36(3,30)31)15-6-7-16(24)18(13-15)29-37(32,33)19-5-4-11-34-19/h4,6-9,11,13-14,19,29H,5,10,12H2,1-3H3,(H,25,26,27). The topological polar surface area (TPSA) is 140 Å². The zero-order valence-corrected chi connectivity index (χ0v) is 22.8. The number of nitrogens with zero attached hydrogens (tertiary/aromatic N) is 3. The first kappa shape index (κ1) is 26.9. The van der Waals surface area contributed by atoms with E-state index in [0.29, 0.717) is 21.8 Å². The van der Waals surface area contributed by atoms with Crippen LogP contribution in [0.4, 0.5) is 16.0 Å². The summed E-state index contributed by atoms with van der Waals surface area (Å²) in [6, 6.07) is 5.79. The van der Waals surface area contributed by atoms with Crippen molar-refractivity contribution in [3.05, 3.63) is 53.6 Å². The fraction of sp³-hybridized carbons (Fsp3) is 0.348. The van der Waals surface area contributed by atoms with Gasteiger partial charge in [0.05, 0.1) is 39.0 Å². The number of hydrogen-bond acceptors (Lipinski definition) is 10. The van der Waals surface area contributed by atoms with Gasteiger partial charge in [-0.15, -0.1) is 11.3 Å². The summed E-state index contributed by atoms with van der Waals surface area (Å²) in [7, 11) is -7.14. The Balaban J connectivity index is 1.69. The van der Waals surface area contributed by atoms with Gasteiger partial charge in [0.1, 0.15) is 15.7 Å². The molecule has 0 saturated heterocycles. The van der Waals surface area contributed by atoms with Crippen LogP contribution in [0.1, 0.15) is 31.2 Å². The van der Waals surface area contributed by atoms with E-state index in [0.717, 1.165) is 11.3 Å². The van der Waals surface area contributed by atoms with E-state index < -0.39 is 31.1 Å². The van der Waals surface area contributed by atoms with Crippen molar-refractivity contribution in [1.82, 2.24) is 15.0 Å². The molecular formula is C23H26FN5O5S3. The van der Waals surface area contributed by atoms with E-state index in [2.05, 4.69) is 20.0 Å². The van der Waals surface area contributed by atoms with E-state index >= 15 is 0 Å². The highest BCUT2D eigenvalue weighted by molar-refractivity contribution is 7.93. The highest BCUT2D eigenvalue weighted by Gasteiger charge is 2.29. The molecule has 0 radical (unpaired) electrons. The molecule has 14 heteroatoms. The predicted octanol–water partition coefficient (Wildman–Crippen LogP) is 3.99. The van der Waals surface area contributed by atoms with Gasteiger partial charge in [0, 0.05) is 36.9 Å². The zero-order valence-electron chi connectivity index (χ0n) is 20.3. The molecule has 1 atom stereocenters.